The van der Waals surface area contributed by atoms with Crippen molar-refractivity contribution in [2.75, 3.05) is 20.2 Å². The molecule has 0 amide bonds. The molecule has 172 valence electrons. The highest BCUT2D eigenvalue weighted by Crippen LogP contribution is 2.13. The Morgan fingerprint density at radius 3 is 2.91 bits per heavy atom. The van der Waals surface area contributed by atoms with Crippen molar-refractivity contribution in [2.45, 2.75) is 45.4 Å². The van der Waals surface area contributed by atoms with E-state index in [2.05, 4.69) is 38.9 Å². The molecule has 1 aliphatic heterocycles. The first-order valence-corrected chi connectivity index (χ1v) is 10.8. The zero-order valence-electron chi connectivity index (χ0n) is 18.6. The Morgan fingerprint density at radius 2 is 2.12 bits per heavy atom. The standard InChI is InChI=1S/C22H30N8O.HI/c1-3-23-22(26-18-9-10-21-27-20(16-31-2)28-30(21)15-18)24-12-11-17-13-25-29(14-17)19-7-5-4-6-8-19;/h4-8,13-14,18H,3,9-12,15-16H2,1-2H3,(H2,23,24,26);1H. The van der Waals surface area contributed by atoms with Crippen molar-refractivity contribution in [1.82, 2.24) is 35.2 Å². The first-order chi connectivity index (χ1) is 15.2. The SMILES string of the molecule is CCNC(=NCCc1cnn(-c2ccccc2)c1)NC1CCc2nc(COC)nn2C1.I. The number of nitrogens with one attached hydrogen (secondary N) is 2. The molecule has 0 bridgehead atoms. The molecule has 0 saturated heterocycles. The van der Waals surface area contributed by atoms with Gasteiger partial charge in [0.1, 0.15) is 12.4 Å². The normalized spacial score (nSPS) is 15.7. The molecule has 3 heterocycles. The van der Waals surface area contributed by atoms with Gasteiger partial charge in [-0.15, -0.1) is 24.0 Å². The molecule has 1 aromatic carbocycles. The Bertz CT molecular complexity index is 1000. The van der Waals surface area contributed by atoms with Gasteiger partial charge in [-0.1, -0.05) is 18.2 Å². The van der Waals surface area contributed by atoms with Crippen LogP contribution in [-0.4, -0.2) is 56.7 Å². The third-order valence-corrected chi connectivity index (χ3v) is 5.19. The van der Waals surface area contributed by atoms with Gasteiger partial charge in [-0.05, 0) is 37.5 Å². The number of rotatable bonds is 8. The second-order valence-corrected chi connectivity index (χ2v) is 7.58. The number of hydrogen-bond acceptors (Lipinski definition) is 5. The molecule has 1 aliphatic rings. The summed E-state index contributed by atoms with van der Waals surface area (Å²) < 4.78 is 9.03. The van der Waals surface area contributed by atoms with Gasteiger partial charge in [0.05, 0.1) is 18.4 Å². The maximum absolute atomic E-state index is 5.15. The monoisotopic (exact) mass is 550 g/mol. The van der Waals surface area contributed by atoms with Crippen molar-refractivity contribution < 1.29 is 4.74 Å². The van der Waals surface area contributed by atoms with Crippen LogP contribution in [0.15, 0.2) is 47.7 Å². The predicted molar refractivity (Wildman–Crippen MR) is 135 cm³/mol. The van der Waals surface area contributed by atoms with Crippen molar-refractivity contribution in [3.8, 4) is 5.69 Å². The molecule has 0 fully saturated rings. The summed E-state index contributed by atoms with van der Waals surface area (Å²) >= 11 is 0. The number of halogens is 1. The van der Waals surface area contributed by atoms with E-state index in [9.17, 15) is 0 Å². The van der Waals surface area contributed by atoms with Crippen LogP contribution in [0.5, 0.6) is 0 Å². The van der Waals surface area contributed by atoms with Crippen LogP contribution in [0.3, 0.4) is 0 Å². The lowest BCUT2D eigenvalue weighted by molar-refractivity contribution is 0.177. The number of para-hydroxylation sites is 1. The van der Waals surface area contributed by atoms with Crippen molar-refractivity contribution in [1.29, 1.82) is 0 Å². The molecule has 0 spiro atoms. The zero-order chi connectivity index (χ0) is 21.5. The highest BCUT2D eigenvalue weighted by atomic mass is 127. The number of methoxy groups -OCH3 is 1. The number of hydrogen-bond donors (Lipinski definition) is 2. The zero-order valence-corrected chi connectivity index (χ0v) is 20.9. The van der Waals surface area contributed by atoms with E-state index in [0.717, 1.165) is 55.6 Å². The fourth-order valence-electron chi connectivity index (χ4n) is 3.69. The quantitative estimate of drug-likeness (QED) is 0.254. The molecule has 1 unspecified atom stereocenters. The summed E-state index contributed by atoms with van der Waals surface area (Å²) in [6, 6.07) is 10.4. The molecule has 0 radical (unpaired) electrons. The van der Waals surface area contributed by atoms with E-state index < -0.39 is 0 Å². The van der Waals surface area contributed by atoms with Gasteiger partial charge in [-0.2, -0.15) is 10.2 Å². The predicted octanol–water partition coefficient (Wildman–Crippen LogP) is 2.34. The first-order valence-electron chi connectivity index (χ1n) is 10.8. The lowest BCUT2D eigenvalue weighted by Gasteiger charge is -2.25. The minimum Gasteiger partial charge on any atom is -0.377 e. The maximum atomic E-state index is 5.15. The van der Waals surface area contributed by atoms with Gasteiger partial charge in [0.2, 0.25) is 0 Å². The van der Waals surface area contributed by atoms with Crippen molar-refractivity contribution in [3.63, 3.8) is 0 Å². The van der Waals surface area contributed by atoms with E-state index in [-0.39, 0.29) is 30.0 Å². The van der Waals surface area contributed by atoms with Crippen LogP contribution in [-0.2, 0) is 30.7 Å². The van der Waals surface area contributed by atoms with Crippen LogP contribution in [0.4, 0.5) is 0 Å². The highest BCUT2D eigenvalue weighted by Gasteiger charge is 2.22. The van der Waals surface area contributed by atoms with Gasteiger partial charge >= 0.3 is 0 Å². The Morgan fingerprint density at radius 1 is 1.28 bits per heavy atom. The molecular formula is C22H31IN8O. The van der Waals surface area contributed by atoms with E-state index in [0.29, 0.717) is 13.2 Å². The number of aromatic nitrogens is 5. The minimum absolute atomic E-state index is 0. The molecule has 0 saturated carbocycles. The van der Waals surface area contributed by atoms with Gasteiger partial charge in [0.25, 0.3) is 0 Å². The van der Waals surface area contributed by atoms with Gasteiger partial charge in [0, 0.05) is 38.9 Å². The summed E-state index contributed by atoms with van der Waals surface area (Å²) in [6.07, 6.45) is 6.71. The number of fused-ring (bicyclic) bond motifs is 1. The average molecular weight is 550 g/mol. The van der Waals surface area contributed by atoms with Crippen LogP contribution in [0.1, 0.15) is 30.6 Å². The van der Waals surface area contributed by atoms with Crippen molar-refractivity contribution in [3.05, 3.63) is 59.9 Å². The van der Waals surface area contributed by atoms with Gasteiger partial charge < -0.3 is 15.4 Å². The van der Waals surface area contributed by atoms with Crippen LogP contribution in [0.2, 0.25) is 0 Å². The number of aliphatic imine (C=N–C) groups is 1. The second-order valence-electron chi connectivity index (χ2n) is 7.58. The third-order valence-electron chi connectivity index (χ3n) is 5.19. The molecule has 2 aromatic heterocycles. The van der Waals surface area contributed by atoms with Crippen LogP contribution in [0, 0.1) is 0 Å². The number of guanidine groups is 1. The average Bonchev–Trinajstić information content (AvgIpc) is 3.41. The summed E-state index contributed by atoms with van der Waals surface area (Å²) in [4.78, 5) is 9.31. The first kappa shape index (κ1) is 24.2. The molecule has 0 aliphatic carbocycles. The molecule has 2 N–H and O–H groups in total. The summed E-state index contributed by atoms with van der Waals surface area (Å²) in [5, 5.41) is 15.9. The van der Waals surface area contributed by atoms with E-state index in [1.165, 1.54) is 5.56 Å². The van der Waals surface area contributed by atoms with Crippen molar-refractivity contribution >= 4 is 29.9 Å². The van der Waals surface area contributed by atoms with E-state index in [4.69, 9.17) is 9.73 Å². The Labute approximate surface area is 205 Å². The second kappa shape index (κ2) is 12.0. The molecule has 9 nitrogen and oxygen atoms in total. The van der Waals surface area contributed by atoms with Crippen molar-refractivity contribution in [2.24, 2.45) is 4.99 Å². The van der Waals surface area contributed by atoms with E-state index >= 15 is 0 Å². The van der Waals surface area contributed by atoms with E-state index in [1.807, 2.05) is 45.9 Å². The summed E-state index contributed by atoms with van der Waals surface area (Å²) in [6.45, 7) is 4.81. The molecule has 10 heteroatoms. The molecular weight excluding hydrogens is 519 g/mol. The lowest BCUT2D eigenvalue weighted by Crippen LogP contribution is -2.47. The van der Waals surface area contributed by atoms with E-state index in [1.54, 1.807) is 7.11 Å². The fourth-order valence-corrected chi connectivity index (χ4v) is 3.69. The number of ether oxygens (including phenoxy) is 1. The number of aryl methyl sites for hydroxylation is 1. The van der Waals surface area contributed by atoms with Gasteiger partial charge in [0.15, 0.2) is 11.8 Å². The number of benzene rings is 1. The topological polar surface area (TPSA) is 94.2 Å². The maximum Gasteiger partial charge on any atom is 0.191 e. The third kappa shape index (κ3) is 6.28. The van der Waals surface area contributed by atoms with Crippen LogP contribution in [0.25, 0.3) is 5.69 Å². The molecule has 32 heavy (non-hydrogen) atoms. The molecule has 3 aromatic rings. The smallest absolute Gasteiger partial charge is 0.191 e. The Kier molecular flexibility index (Phi) is 9.03. The van der Waals surface area contributed by atoms with Gasteiger partial charge in [-0.25, -0.2) is 14.3 Å². The largest absolute Gasteiger partial charge is 0.377 e. The minimum atomic E-state index is 0. The Balaban J connectivity index is 0.00000289. The summed E-state index contributed by atoms with van der Waals surface area (Å²) in [5.74, 6) is 2.61. The van der Waals surface area contributed by atoms with Gasteiger partial charge in [-0.3, -0.25) is 4.99 Å². The highest BCUT2D eigenvalue weighted by molar-refractivity contribution is 14.0. The summed E-state index contributed by atoms with van der Waals surface area (Å²) in [5.41, 5.74) is 2.23. The molecule has 4 rings (SSSR count). The van der Waals surface area contributed by atoms with Crippen LogP contribution < -0.4 is 10.6 Å². The number of nitrogens with zero attached hydrogens (tertiary/aromatic N) is 6. The van der Waals surface area contributed by atoms with Crippen LogP contribution >= 0.6 is 24.0 Å². The fraction of sp³-hybridized carbons (Fsp3) is 0.455. The Hall–Kier alpha value is -2.47. The summed E-state index contributed by atoms with van der Waals surface area (Å²) in [7, 11) is 1.66. The molecule has 1 atom stereocenters. The lowest BCUT2D eigenvalue weighted by atomic mass is 10.1.